The van der Waals surface area contributed by atoms with Gasteiger partial charge in [-0.3, -0.25) is 0 Å². The second kappa shape index (κ2) is 8.73. The third-order valence-corrected chi connectivity index (χ3v) is 6.92. The van der Waals surface area contributed by atoms with Crippen LogP contribution in [-0.2, 0) is 23.8 Å². The number of carbonyl (C=O) groups excluding carboxylic acids is 3. The van der Waals surface area contributed by atoms with Crippen LogP contribution in [0.2, 0.25) is 0 Å². The van der Waals surface area contributed by atoms with Crippen LogP contribution in [0.1, 0.15) is 48.9 Å². The van der Waals surface area contributed by atoms with E-state index in [0.717, 1.165) is 23.8 Å². The molecule has 0 amide bonds. The van der Waals surface area contributed by atoms with E-state index in [4.69, 9.17) is 9.47 Å². The molecule has 7 nitrogen and oxygen atoms in total. The van der Waals surface area contributed by atoms with Gasteiger partial charge in [-0.05, 0) is 74.5 Å². The Morgan fingerprint density at radius 1 is 1.03 bits per heavy atom. The lowest BCUT2D eigenvalue weighted by molar-refractivity contribution is -0.138. The molecule has 0 radical (unpaired) electrons. The van der Waals surface area contributed by atoms with Crippen molar-refractivity contribution in [2.75, 3.05) is 26.1 Å². The number of esters is 3. The zero-order valence-electron chi connectivity index (χ0n) is 18.0. The van der Waals surface area contributed by atoms with Gasteiger partial charge in [0.2, 0.25) is 0 Å². The van der Waals surface area contributed by atoms with Crippen LogP contribution >= 0.6 is 0 Å². The van der Waals surface area contributed by atoms with E-state index in [2.05, 4.69) is 10.1 Å². The maximum Gasteiger partial charge on any atom is 0.354 e. The number of benzene rings is 1. The van der Waals surface area contributed by atoms with Crippen molar-refractivity contribution in [3.63, 3.8) is 0 Å². The maximum atomic E-state index is 12.8. The molecule has 4 bridgehead atoms. The summed E-state index contributed by atoms with van der Waals surface area (Å²) in [5.74, 6) is 0.609. The second-order valence-electron chi connectivity index (χ2n) is 9.27. The summed E-state index contributed by atoms with van der Waals surface area (Å²) in [6.45, 7) is 0.475. The normalized spacial score (nSPS) is 28.7. The number of nitrogens with one attached hydrogen (secondary N) is 1. The van der Waals surface area contributed by atoms with Crippen molar-refractivity contribution in [3.8, 4) is 0 Å². The van der Waals surface area contributed by atoms with E-state index in [-0.39, 0.29) is 17.1 Å². The molecule has 5 rings (SSSR count). The van der Waals surface area contributed by atoms with Crippen LogP contribution < -0.4 is 5.32 Å². The van der Waals surface area contributed by atoms with Gasteiger partial charge in [0.1, 0.15) is 5.70 Å². The van der Waals surface area contributed by atoms with E-state index in [1.165, 1.54) is 52.7 Å². The first-order valence-corrected chi connectivity index (χ1v) is 10.8. The van der Waals surface area contributed by atoms with Crippen molar-refractivity contribution < 1.29 is 28.6 Å². The first-order chi connectivity index (χ1) is 14.9. The fourth-order valence-electron chi connectivity index (χ4n) is 6.08. The quantitative estimate of drug-likeness (QED) is 0.403. The Morgan fingerprint density at radius 3 is 2.26 bits per heavy atom. The summed E-state index contributed by atoms with van der Waals surface area (Å²) in [6, 6.07) is 6.64. The lowest BCUT2D eigenvalue weighted by atomic mass is 9.50. The van der Waals surface area contributed by atoms with E-state index in [1.807, 2.05) is 0 Å². The van der Waals surface area contributed by atoms with Gasteiger partial charge < -0.3 is 19.5 Å². The number of methoxy groups -OCH3 is 2. The Labute approximate surface area is 182 Å². The van der Waals surface area contributed by atoms with E-state index in [1.54, 1.807) is 24.3 Å². The number of ether oxygens (including phenoxy) is 3. The number of carbonyl (C=O) groups is 3. The topological polar surface area (TPSA) is 90.9 Å². The average molecular weight is 427 g/mol. The molecule has 0 unspecified atom stereocenters. The fourth-order valence-corrected chi connectivity index (χ4v) is 6.08. The van der Waals surface area contributed by atoms with Gasteiger partial charge in [-0.2, -0.15) is 0 Å². The maximum absolute atomic E-state index is 12.8. The second-order valence-corrected chi connectivity index (χ2v) is 9.27. The largest absolute Gasteiger partial charge is 0.466 e. The predicted molar refractivity (Wildman–Crippen MR) is 113 cm³/mol. The van der Waals surface area contributed by atoms with Gasteiger partial charge in [0.05, 0.1) is 32.5 Å². The van der Waals surface area contributed by atoms with Gasteiger partial charge in [0.15, 0.2) is 0 Å². The fraction of sp³-hybridized carbons (Fsp3) is 0.542. The molecule has 0 aromatic heterocycles. The summed E-state index contributed by atoms with van der Waals surface area (Å²) >= 11 is 0. The highest BCUT2D eigenvalue weighted by Gasteiger charge is 2.51. The molecule has 0 heterocycles. The standard InChI is InChI=1S/C24H29NO6/c1-29-21(26)10-20(23(28)30-2)25-19-5-3-4-18(9-19)22(27)31-14-24-11-15-6-16(12-24)8-17(7-15)13-24/h3-5,9-10,15-17,25H,6-8,11-14H2,1-2H3/b20-10+. The molecular formula is C24H29NO6. The monoisotopic (exact) mass is 427 g/mol. The first kappa shape index (κ1) is 21.4. The number of hydrogen-bond acceptors (Lipinski definition) is 7. The zero-order valence-corrected chi connectivity index (χ0v) is 18.0. The smallest absolute Gasteiger partial charge is 0.354 e. The molecule has 0 aliphatic heterocycles. The number of hydrogen-bond donors (Lipinski definition) is 1. The van der Waals surface area contributed by atoms with Gasteiger partial charge in [-0.1, -0.05) is 6.07 Å². The van der Waals surface area contributed by atoms with Crippen LogP contribution in [-0.4, -0.2) is 38.7 Å². The zero-order chi connectivity index (χ0) is 22.0. The van der Waals surface area contributed by atoms with Crippen molar-refractivity contribution in [1.29, 1.82) is 0 Å². The summed E-state index contributed by atoms with van der Waals surface area (Å²) < 4.78 is 15.0. The van der Waals surface area contributed by atoms with Crippen molar-refractivity contribution in [1.82, 2.24) is 0 Å². The molecule has 1 N–H and O–H groups in total. The van der Waals surface area contributed by atoms with Crippen molar-refractivity contribution in [2.24, 2.45) is 23.2 Å². The minimum absolute atomic E-state index is 0.0894. The Hall–Kier alpha value is -2.83. The highest BCUT2D eigenvalue weighted by Crippen LogP contribution is 2.60. The van der Waals surface area contributed by atoms with Crippen molar-refractivity contribution >= 4 is 23.6 Å². The molecule has 7 heteroatoms. The van der Waals surface area contributed by atoms with Crippen LogP contribution in [0, 0.1) is 23.2 Å². The summed E-state index contributed by atoms with van der Waals surface area (Å²) in [5, 5.41) is 2.82. The third-order valence-electron chi connectivity index (χ3n) is 6.92. The minimum atomic E-state index is -0.722. The molecule has 0 spiro atoms. The Balaban J connectivity index is 1.42. The lowest BCUT2D eigenvalue weighted by Crippen LogP contribution is -2.48. The lowest BCUT2D eigenvalue weighted by Gasteiger charge is -2.56. The summed E-state index contributed by atoms with van der Waals surface area (Å²) in [7, 11) is 2.43. The summed E-state index contributed by atoms with van der Waals surface area (Å²) in [4.78, 5) is 36.2. The third kappa shape index (κ3) is 4.75. The molecule has 1 aromatic carbocycles. The molecule has 166 valence electrons. The number of rotatable bonds is 7. The van der Waals surface area contributed by atoms with E-state index in [9.17, 15) is 14.4 Å². The number of anilines is 1. The van der Waals surface area contributed by atoms with Crippen LogP contribution in [0.15, 0.2) is 36.0 Å². The van der Waals surface area contributed by atoms with Gasteiger partial charge in [-0.15, -0.1) is 0 Å². The minimum Gasteiger partial charge on any atom is -0.466 e. The SMILES string of the molecule is COC(=O)/C=C(/Nc1cccc(C(=O)OCC23CC4CC(CC(C4)C2)C3)c1)C(=O)OC. The molecule has 4 aliphatic carbocycles. The van der Waals surface area contributed by atoms with Crippen molar-refractivity contribution in [3.05, 3.63) is 41.6 Å². The highest BCUT2D eigenvalue weighted by molar-refractivity contribution is 5.99. The van der Waals surface area contributed by atoms with Crippen LogP contribution in [0.5, 0.6) is 0 Å². The average Bonchev–Trinajstić information content (AvgIpc) is 2.75. The molecule has 4 aliphatic rings. The molecule has 1 aromatic rings. The van der Waals surface area contributed by atoms with Gasteiger partial charge >= 0.3 is 17.9 Å². The Kier molecular flexibility index (Phi) is 6.03. The van der Waals surface area contributed by atoms with E-state index in [0.29, 0.717) is 17.9 Å². The molecule has 0 saturated heterocycles. The van der Waals surface area contributed by atoms with Crippen LogP contribution in [0.25, 0.3) is 0 Å². The van der Waals surface area contributed by atoms with Crippen LogP contribution in [0.4, 0.5) is 5.69 Å². The molecule has 31 heavy (non-hydrogen) atoms. The van der Waals surface area contributed by atoms with Gasteiger partial charge in [0.25, 0.3) is 0 Å². The highest BCUT2D eigenvalue weighted by atomic mass is 16.5. The van der Waals surface area contributed by atoms with Crippen molar-refractivity contribution in [2.45, 2.75) is 38.5 Å². The predicted octanol–water partition coefficient (Wildman–Crippen LogP) is 3.70. The first-order valence-electron chi connectivity index (χ1n) is 10.8. The summed E-state index contributed by atoms with van der Waals surface area (Å²) in [5.41, 5.74) is 0.914. The van der Waals surface area contributed by atoms with Gasteiger partial charge in [-0.25, -0.2) is 14.4 Å². The van der Waals surface area contributed by atoms with E-state index >= 15 is 0 Å². The molecule has 0 atom stereocenters. The Morgan fingerprint density at radius 2 is 1.68 bits per heavy atom. The van der Waals surface area contributed by atoms with E-state index < -0.39 is 11.9 Å². The molecule has 4 fully saturated rings. The Bertz CT molecular complexity index is 870. The molecular weight excluding hydrogens is 398 g/mol. The van der Waals surface area contributed by atoms with Crippen LogP contribution in [0.3, 0.4) is 0 Å². The van der Waals surface area contributed by atoms with Gasteiger partial charge in [0, 0.05) is 11.1 Å². The summed E-state index contributed by atoms with van der Waals surface area (Å²) in [6.07, 6.45) is 8.58. The molecule has 4 saturated carbocycles.